The van der Waals surface area contributed by atoms with Gasteiger partial charge in [-0.1, -0.05) is 0 Å². The molecule has 3 rings (SSSR count). The molecule has 0 spiro atoms. The third-order valence-electron chi connectivity index (χ3n) is 10.6. The number of hydrogen-bond donors (Lipinski definition) is 0. The Labute approximate surface area is 226 Å². The summed E-state index contributed by atoms with van der Waals surface area (Å²) in [6.45, 7) is 37.1. The summed E-state index contributed by atoms with van der Waals surface area (Å²) in [5.74, 6) is 0. The predicted octanol–water partition coefficient (Wildman–Crippen LogP) is 11.1. The monoisotopic (exact) mass is 551 g/mol. The Bertz CT molecular complexity index is 1070. The summed E-state index contributed by atoms with van der Waals surface area (Å²) in [7, 11) is 0. The number of allylic oxidation sites excluding steroid dienone is 12. The van der Waals surface area contributed by atoms with E-state index in [9.17, 15) is 0 Å². The predicted molar refractivity (Wildman–Crippen MR) is 153 cm³/mol. The molecule has 0 N–H and O–H groups in total. The minimum atomic E-state index is -2.58. The normalized spacial score (nSPS) is 23.7. The van der Waals surface area contributed by atoms with Crippen LogP contribution in [0.15, 0.2) is 60.0 Å². The van der Waals surface area contributed by atoms with E-state index in [4.69, 9.17) is 0 Å². The molecule has 0 aliphatic heterocycles. The van der Waals surface area contributed by atoms with Crippen LogP contribution >= 0.6 is 0 Å². The summed E-state index contributed by atoms with van der Waals surface area (Å²) < 4.78 is 5.68. The van der Waals surface area contributed by atoms with Gasteiger partial charge in [-0.05, 0) is 0 Å². The molecular weight excluding hydrogens is 500 g/mol. The van der Waals surface area contributed by atoms with Crippen LogP contribution in [0.2, 0.25) is 0 Å². The van der Waals surface area contributed by atoms with Crippen LogP contribution in [0.25, 0.3) is 0 Å². The molecular formula is C34H53Zr. The molecule has 3 aliphatic carbocycles. The molecule has 1 heteroatoms. The summed E-state index contributed by atoms with van der Waals surface area (Å²) in [4.78, 5) is 0. The van der Waals surface area contributed by atoms with Crippen molar-refractivity contribution in [2.45, 2.75) is 130 Å². The quantitative estimate of drug-likeness (QED) is 0.294. The average Bonchev–Trinajstić information content (AvgIpc) is 3.12. The molecule has 0 atom stereocenters. The second kappa shape index (κ2) is 9.57. The van der Waals surface area contributed by atoms with Gasteiger partial charge < -0.3 is 0 Å². The van der Waals surface area contributed by atoms with Crippen molar-refractivity contribution in [3.05, 3.63) is 60.0 Å². The van der Waals surface area contributed by atoms with Crippen LogP contribution in [0.5, 0.6) is 0 Å². The second-order valence-electron chi connectivity index (χ2n) is 13.2. The molecule has 0 aromatic heterocycles. The summed E-state index contributed by atoms with van der Waals surface area (Å²) in [5.41, 5.74) is 15.2. The first kappa shape index (κ1) is 28.9. The van der Waals surface area contributed by atoms with Gasteiger partial charge in [0, 0.05) is 0 Å². The maximum absolute atomic E-state index is 2.58. The van der Waals surface area contributed by atoms with E-state index in [2.05, 4.69) is 104 Å². The molecule has 0 fully saturated rings. The molecule has 0 heterocycles. The molecule has 3 aliphatic rings. The molecule has 0 amide bonds. The van der Waals surface area contributed by atoms with Crippen molar-refractivity contribution >= 4 is 0 Å². The van der Waals surface area contributed by atoms with Crippen molar-refractivity contribution in [1.82, 2.24) is 0 Å². The van der Waals surface area contributed by atoms with Gasteiger partial charge in [-0.3, -0.25) is 0 Å². The molecule has 0 radical (unpaired) electrons. The molecule has 0 aromatic carbocycles. The zero-order chi connectivity index (χ0) is 26.8. The molecule has 0 aromatic rings. The van der Waals surface area contributed by atoms with Gasteiger partial charge in [-0.15, -0.1) is 0 Å². The first-order chi connectivity index (χ1) is 16.0. The van der Waals surface area contributed by atoms with E-state index in [0.717, 1.165) is 0 Å². The molecule has 0 nitrogen and oxygen atoms in total. The Hall–Kier alpha value is -0.677. The van der Waals surface area contributed by atoms with Gasteiger partial charge in [0.25, 0.3) is 0 Å². The molecule has 0 saturated heterocycles. The van der Waals surface area contributed by atoms with Crippen molar-refractivity contribution in [3.8, 4) is 0 Å². The standard InChI is InChI=1S/2C12H19.C10H15.Zr/c2*1-6-7-11-8-12(4,5)10(3)9(11)2;1-7-6-10(4,5)9(3)8(7)2;/h2*6-7H2,1-5H3;1-5H3;. The van der Waals surface area contributed by atoms with Crippen molar-refractivity contribution < 1.29 is 21.8 Å². The number of hydrogen-bond acceptors (Lipinski definition) is 0. The van der Waals surface area contributed by atoms with E-state index in [0.29, 0.717) is 0 Å². The van der Waals surface area contributed by atoms with Gasteiger partial charge in [0.2, 0.25) is 0 Å². The molecule has 35 heavy (non-hydrogen) atoms. The van der Waals surface area contributed by atoms with Crippen molar-refractivity contribution in [1.29, 1.82) is 0 Å². The van der Waals surface area contributed by atoms with Crippen molar-refractivity contribution in [3.63, 3.8) is 0 Å². The zero-order valence-corrected chi connectivity index (χ0v) is 28.3. The Balaban J connectivity index is 2.52. The van der Waals surface area contributed by atoms with Crippen molar-refractivity contribution in [2.75, 3.05) is 0 Å². The SMILES string of the molecule is CCCC1=[C]([Zr]([C]2=C(C)C(C)=C(C)C2(C)C)[C]2=C(CCC)C(C)=C(C)C2(C)C)C(C)(C)C(C)=C1C. The van der Waals surface area contributed by atoms with E-state index >= 15 is 0 Å². The minimum absolute atomic E-state index is 0.151. The van der Waals surface area contributed by atoms with Crippen LogP contribution in [0.1, 0.15) is 130 Å². The first-order valence-electron chi connectivity index (χ1n) is 14.1. The summed E-state index contributed by atoms with van der Waals surface area (Å²) in [6, 6.07) is 0. The van der Waals surface area contributed by atoms with Crippen LogP contribution < -0.4 is 0 Å². The van der Waals surface area contributed by atoms with E-state index in [1.807, 2.05) is 9.84 Å². The summed E-state index contributed by atoms with van der Waals surface area (Å²) in [5, 5.41) is 0. The maximum atomic E-state index is 2.56. The third kappa shape index (κ3) is 4.10. The Morgan fingerprint density at radius 2 is 0.771 bits per heavy atom. The van der Waals surface area contributed by atoms with Gasteiger partial charge in [0.05, 0.1) is 0 Å². The third-order valence-corrected chi connectivity index (χ3v) is 21.3. The van der Waals surface area contributed by atoms with Crippen LogP contribution in [0, 0.1) is 16.2 Å². The Kier molecular flexibility index (Phi) is 7.90. The van der Waals surface area contributed by atoms with E-state index < -0.39 is 21.8 Å². The summed E-state index contributed by atoms with van der Waals surface area (Å²) in [6.07, 6.45) is 4.92. The van der Waals surface area contributed by atoms with E-state index in [1.165, 1.54) is 25.7 Å². The van der Waals surface area contributed by atoms with Crippen LogP contribution in [-0.4, -0.2) is 0 Å². The summed E-state index contributed by atoms with van der Waals surface area (Å²) >= 11 is -2.58. The van der Waals surface area contributed by atoms with Crippen LogP contribution in [0.3, 0.4) is 0 Å². The fourth-order valence-electron chi connectivity index (χ4n) is 7.42. The van der Waals surface area contributed by atoms with Crippen LogP contribution in [-0.2, 0) is 21.8 Å². The number of rotatable bonds is 7. The van der Waals surface area contributed by atoms with Gasteiger partial charge >= 0.3 is 228 Å². The Morgan fingerprint density at radius 3 is 1.06 bits per heavy atom. The molecule has 193 valence electrons. The average molecular weight is 553 g/mol. The van der Waals surface area contributed by atoms with Gasteiger partial charge in [0.1, 0.15) is 0 Å². The topological polar surface area (TPSA) is 0 Å². The fourth-order valence-corrected chi connectivity index (χ4v) is 19.7. The van der Waals surface area contributed by atoms with Crippen LogP contribution in [0.4, 0.5) is 0 Å². The van der Waals surface area contributed by atoms with Gasteiger partial charge in [-0.25, -0.2) is 0 Å². The first-order valence-corrected chi connectivity index (χ1v) is 17.8. The second-order valence-corrected chi connectivity index (χ2v) is 18.7. The van der Waals surface area contributed by atoms with E-state index in [-0.39, 0.29) is 16.2 Å². The Morgan fingerprint density at radius 1 is 0.457 bits per heavy atom. The van der Waals surface area contributed by atoms with E-state index in [1.54, 1.807) is 50.2 Å². The zero-order valence-electron chi connectivity index (χ0n) is 25.8. The molecule has 0 saturated carbocycles. The fraction of sp³-hybridized carbons (Fsp3) is 0.647. The van der Waals surface area contributed by atoms with Crippen molar-refractivity contribution in [2.24, 2.45) is 16.2 Å². The van der Waals surface area contributed by atoms with Gasteiger partial charge in [-0.2, -0.15) is 0 Å². The van der Waals surface area contributed by atoms with Gasteiger partial charge in [0.15, 0.2) is 0 Å². The molecule has 0 unspecified atom stereocenters. The molecule has 0 bridgehead atoms.